The van der Waals surface area contributed by atoms with Gasteiger partial charge in [0.05, 0.1) is 5.57 Å². The first-order valence-electron chi connectivity index (χ1n) is 7.40. The second-order valence-electron chi connectivity index (χ2n) is 5.67. The molecule has 2 rings (SSSR count). The minimum absolute atomic E-state index is 0.504. The van der Waals surface area contributed by atoms with E-state index < -0.39 is 0 Å². The van der Waals surface area contributed by atoms with Crippen LogP contribution in [-0.2, 0) is 6.54 Å². The van der Waals surface area contributed by atoms with Gasteiger partial charge in [0.25, 0.3) is 0 Å². The summed E-state index contributed by atoms with van der Waals surface area (Å²) in [6.45, 7) is 6.13. The lowest BCUT2D eigenvalue weighted by atomic mass is 9.98. The van der Waals surface area contributed by atoms with E-state index in [0.29, 0.717) is 6.04 Å². The van der Waals surface area contributed by atoms with Gasteiger partial charge in [-0.2, -0.15) is 5.26 Å². The van der Waals surface area contributed by atoms with Crippen molar-refractivity contribution in [1.82, 2.24) is 10.2 Å². The van der Waals surface area contributed by atoms with E-state index in [1.54, 1.807) is 6.20 Å². The van der Waals surface area contributed by atoms with E-state index in [0.717, 1.165) is 30.7 Å². The van der Waals surface area contributed by atoms with E-state index in [1.165, 1.54) is 11.1 Å². The summed E-state index contributed by atoms with van der Waals surface area (Å²) in [6.07, 6.45) is 4.97. The summed E-state index contributed by atoms with van der Waals surface area (Å²) in [5.74, 6) is 0. The Morgan fingerprint density at radius 1 is 1.52 bits per heavy atom. The maximum atomic E-state index is 9.27. The molecule has 1 unspecified atom stereocenters. The Morgan fingerprint density at radius 3 is 3.00 bits per heavy atom. The number of benzene rings is 1. The molecule has 3 nitrogen and oxygen atoms in total. The lowest BCUT2D eigenvalue weighted by molar-refractivity contribution is 0.209. The van der Waals surface area contributed by atoms with Gasteiger partial charge in [0.1, 0.15) is 6.07 Å². The van der Waals surface area contributed by atoms with Crippen LogP contribution in [0.2, 0.25) is 0 Å². The summed E-state index contributed by atoms with van der Waals surface area (Å²) >= 11 is 0. The van der Waals surface area contributed by atoms with Crippen molar-refractivity contribution in [3.8, 4) is 6.07 Å². The topological polar surface area (TPSA) is 39.1 Å². The molecule has 0 fully saturated rings. The molecule has 3 heteroatoms. The van der Waals surface area contributed by atoms with Gasteiger partial charge in [0, 0.05) is 32.4 Å². The molecule has 0 aliphatic carbocycles. The third kappa shape index (κ3) is 3.96. The smallest absolute Gasteiger partial charge is 0.101 e. The number of nitrogens with one attached hydrogen (secondary N) is 1. The van der Waals surface area contributed by atoms with Crippen LogP contribution in [0.5, 0.6) is 0 Å². The number of nitriles is 1. The SMILES string of the molecule is CNC=C(C#N)C1=CCC(C)N(Cc2cccc(C)c2)C1. The molecule has 110 valence electrons. The molecule has 1 aromatic carbocycles. The van der Waals surface area contributed by atoms with Crippen molar-refractivity contribution in [2.75, 3.05) is 13.6 Å². The monoisotopic (exact) mass is 281 g/mol. The number of aryl methyl sites for hydroxylation is 1. The van der Waals surface area contributed by atoms with Crippen molar-refractivity contribution in [3.05, 3.63) is 58.8 Å². The minimum atomic E-state index is 0.504. The molecule has 0 radical (unpaired) electrons. The Kier molecular flexibility index (Phi) is 5.19. The predicted molar refractivity (Wildman–Crippen MR) is 86.5 cm³/mol. The Morgan fingerprint density at radius 2 is 2.33 bits per heavy atom. The number of hydrogen-bond acceptors (Lipinski definition) is 3. The van der Waals surface area contributed by atoms with E-state index in [4.69, 9.17) is 0 Å². The Hall–Kier alpha value is -2.05. The van der Waals surface area contributed by atoms with Crippen LogP contribution in [0, 0.1) is 18.3 Å². The number of hydrogen-bond donors (Lipinski definition) is 1. The van der Waals surface area contributed by atoms with E-state index in [2.05, 4.69) is 60.5 Å². The van der Waals surface area contributed by atoms with Gasteiger partial charge in [-0.15, -0.1) is 0 Å². The van der Waals surface area contributed by atoms with Crippen molar-refractivity contribution < 1.29 is 0 Å². The summed E-state index contributed by atoms with van der Waals surface area (Å²) in [7, 11) is 1.83. The highest BCUT2D eigenvalue weighted by atomic mass is 15.2. The van der Waals surface area contributed by atoms with E-state index in [1.807, 2.05) is 7.05 Å². The summed E-state index contributed by atoms with van der Waals surface area (Å²) in [4.78, 5) is 2.44. The molecule has 1 N–H and O–H groups in total. The third-order valence-corrected chi connectivity index (χ3v) is 3.93. The van der Waals surface area contributed by atoms with E-state index in [9.17, 15) is 5.26 Å². The molecule has 0 saturated carbocycles. The Bertz CT molecular complexity index is 593. The molecule has 21 heavy (non-hydrogen) atoms. The highest BCUT2D eigenvalue weighted by Gasteiger charge is 2.21. The minimum Gasteiger partial charge on any atom is -0.393 e. The van der Waals surface area contributed by atoms with Crippen molar-refractivity contribution in [1.29, 1.82) is 5.26 Å². The van der Waals surface area contributed by atoms with Crippen LogP contribution in [0.4, 0.5) is 0 Å². The van der Waals surface area contributed by atoms with Crippen LogP contribution in [0.1, 0.15) is 24.5 Å². The van der Waals surface area contributed by atoms with Crippen LogP contribution in [0.15, 0.2) is 47.7 Å². The number of nitrogens with zero attached hydrogens (tertiary/aromatic N) is 2. The molecule has 0 amide bonds. The molecular formula is C18H23N3. The summed E-state index contributed by atoms with van der Waals surface area (Å²) in [6, 6.07) is 11.4. The summed E-state index contributed by atoms with van der Waals surface area (Å²) < 4.78 is 0. The molecule has 1 aromatic rings. The molecular weight excluding hydrogens is 258 g/mol. The first-order valence-corrected chi connectivity index (χ1v) is 7.40. The molecule has 1 atom stereocenters. The zero-order valence-electron chi connectivity index (χ0n) is 13.1. The fourth-order valence-corrected chi connectivity index (χ4v) is 2.69. The average molecular weight is 281 g/mol. The van der Waals surface area contributed by atoms with Gasteiger partial charge in [0.2, 0.25) is 0 Å². The maximum Gasteiger partial charge on any atom is 0.101 e. The largest absolute Gasteiger partial charge is 0.393 e. The standard InChI is InChI=1S/C18H23N3/c1-14-5-4-6-16(9-14)12-21-13-17(8-7-15(21)2)18(10-19)11-20-3/h4-6,8-9,11,15,20H,7,12-13H2,1-3H3. The average Bonchev–Trinajstić information content (AvgIpc) is 2.47. The lowest BCUT2D eigenvalue weighted by Crippen LogP contribution is -2.37. The third-order valence-electron chi connectivity index (χ3n) is 3.93. The first kappa shape index (κ1) is 15.3. The second kappa shape index (κ2) is 7.10. The van der Waals surface area contributed by atoms with E-state index >= 15 is 0 Å². The summed E-state index contributed by atoms with van der Waals surface area (Å²) in [5, 5.41) is 12.2. The molecule has 0 bridgehead atoms. The predicted octanol–water partition coefficient (Wildman–Crippen LogP) is 3.14. The zero-order chi connectivity index (χ0) is 15.2. The van der Waals surface area contributed by atoms with Crippen LogP contribution in [0.25, 0.3) is 0 Å². The van der Waals surface area contributed by atoms with Gasteiger partial charge >= 0.3 is 0 Å². The Labute approximate surface area is 127 Å². The van der Waals surface area contributed by atoms with Crippen LogP contribution < -0.4 is 5.32 Å². The highest BCUT2D eigenvalue weighted by molar-refractivity contribution is 5.43. The normalized spacial score (nSPS) is 19.8. The van der Waals surface area contributed by atoms with Crippen molar-refractivity contribution in [2.45, 2.75) is 32.9 Å². The zero-order valence-corrected chi connectivity index (χ0v) is 13.1. The quantitative estimate of drug-likeness (QED) is 0.862. The summed E-state index contributed by atoms with van der Waals surface area (Å²) in [5.41, 5.74) is 4.48. The molecule has 1 heterocycles. The first-order chi connectivity index (χ1) is 10.1. The van der Waals surface area contributed by atoms with Crippen LogP contribution in [0.3, 0.4) is 0 Å². The van der Waals surface area contributed by atoms with Crippen molar-refractivity contribution in [3.63, 3.8) is 0 Å². The van der Waals surface area contributed by atoms with Gasteiger partial charge in [0.15, 0.2) is 0 Å². The Balaban J connectivity index is 2.13. The molecule has 0 aromatic heterocycles. The van der Waals surface area contributed by atoms with Gasteiger partial charge in [-0.1, -0.05) is 35.9 Å². The van der Waals surface area contributed by atoms with Gasteiger partial charge in [-0.25, -0.2) is 0 Å². The maximum absolute atomic E-state index is 9.27. The van der Waals surface area contributed by atoms with Crippen LogP contribution in [-0.4, -0.2) is 24.5 Å². The molecule has 1 aliphatic heterocycles. The van der Waals surface area contributed by atoms with Crippen LogP contribution >= 0.6 is 0 Å². The molecule has 0 spiro atoms. The highest BCUT2D eigenvalue weighted by Crippen LogP contribution is 2.23. The van der Waals surface area contributed by atoms with Gasteiger partial charge < -0.3 is 5.32 Å². The number of rotatable bonds is 4. The molecule has 0 saturated heterocycles. The second-order valence-corrected chi connectivity index (χ2v) is 5.67. The van der Waals surface area contributed by atoms with Crippen molar-refractivity contribution >= 4 is 0 Å². The van der Waals surface area contributed by atoms with Gasteiger partial charge in [-0.05, 0) is 31.4 Å². The fourth-order valence-electron chi connectivity index (χ4n) is 2.69. The lowest BCUT2D eigenvalue weighted by Gasteiger charge is -2.33. The van der Waals surface area contributed by atoms with Crippen molar-refractivity contribution in [2.24, 2.45) is 0 Å². The fraction of sp³-hybridized carbons (Fsp3) is 0.389. The van der Waals surface area contributed by atoms with E-state index in [-0.39, 0.29) is 0 Å². The molecule has 1 aliphatic rings. The van der Waals surface area contributed by atoms with Gasteiger partial charge in [-0.3, -0.25) is 4.90 Å².